The molecule has 1 saturated carbocycles. The fourth-order valence-electron chi connectivity index (χ4n) is 4.36. The van der Waals surface area contributed by atoms with Crippen LogP contribution in [0.15, 0.2) is 55.0 Å². The Kier molecular flexibility index (Phi) is 4.27. The van der Waals surface area contributed by atoms with Crippen LogP contribution in [0.3, 0.4) is 0 Å². The summed E-state index contributed by atoms with van der Waals surface area (Å²) in [5.41, 5.74) is 8.07. The van der Waals surface area contributed by atoms with Crippen LogP contribution < -0.4 is 11.1 Å². The zero-order valence-corrected chi connectivity index (χ0v) is 16.2. The van der Waals surface area contributed by atoms with Gasteiger partial charge in [0.15, 0.2) is 5.82 Å². The highest BCUT2D eigenvalue weighted by Gasteiger charge is 2.48. The highest BCUT2D eigenvalue weighted by Crippen LogP contribution is 2.47. The Hall–Kier alpha value is -3.68. The first-order valence-corrected chi connectivity index (χ1v) is 9.95. The highest BCUT2D eigenvalue weighted by atomic mass is 16.6. The number of nitrogens with one attached hydrogen (secondary N) is 1. The second kappa shape index (κ2) is 6.98. The third-order valence-electron chi connectivity index (χ3n) is 5.99. The average molecular weight is 403 g/mol. The van der Waals surface area contributed by atoms with E-state index in [1.165, 1.54) is 0 Å². The SMILES string of the molecule is Nc1cn(-c2ccccc2)nc1NC(=O)[C@H]1CC[C@]2(CC1)OC(=O)c1ccncc12. The van der Waals surface area contributed by atoms with E-state index < -0.39 is 5.60 Å². The molecule has 1 aliphatic heterocycles. The zero-order valence-electron chi connectivity index (χ0n) is 16.2. The summed E-state index contributed by atoms with van der Waals surface area (Å²) in [4.78, 5) is 29.2. The van der Waals surface area contributed by atoms with Gasteiger partial charge in [0.25, 0.3) is 0 Å². The number of ether oxygens (including phenoxy) is 1. The van der Waals surface area contributed by atoms with Gasteiger partial charge in [-0.3, -0.25) is 9.78 Å². The molecule has 3 N–H and O–H groups in total. The van der Waals surface area contributed by atoms with Crippen molar-refractivity contribution in [2.45, 2.75) is 31.3 Å². The van der Waals surface area contributed by atoms with Gasteiger partial charge in [-0.15, -0.1) is 5.10 Å². The van der Waals surface area contributed by atoms with Gasteiger partial charge in [0.2, 0.25) is 5.91 Å². The number of carbonyl (C=O) groups excluding carboxylic acids is 2. The first-order chi connectivity index (χ1) is 14.6. The van der Waals surface area contributed by atoms with Gasteiger partial charge in [-0.2, -0.15) is 0 Å². The van der Waals surface area contributed by atoms with Crippen molar-refractivity contribution in [3.8, 4) is 5.69 Å². The zero-order chi connectivity index (χ0) is 20.7. The van der Waals surface area contributed by atoms with Gasteiger partial charge in [0.05, 0.1) is 23.1 Å². The monoisotopic (exact) mass is 403 g/mol. The maximum absolute atomic E-state index is 12.8. The first-order valence-electron chi connectivity index (χ1n) is 9.95. The summed E-state index contributed by atoms with van der Waals surface area (Å²) in [5.74, 6) is -0.276. The number of aromatic nitrogens is 3. The third kappa shape index (κ3) is 3.01. The maximum Gasteiger partial charge on any atom is 0.339 e. The Morgan fingerprint density at radius 2 is 1.97 bits per heavy atom. The van der Waals surface area contributed by atoms with Gasteiger partial charge in [-0.25, -0.2) is 9.48 Å². The molecule has 0 unspecified atom stereocenters. The lowest BCUT2D eigenvalue weighted by Crippen LogP contribution is -2.36. The first kappa shape index (κ1) is 18.4. The molecule has 1 aromatic carbocycles. The van der Waals surface area contributed by atoms with E-state index in [1.54, 1.807) is 29.3 Å². The number of nitrogens with zero attached hydrogens (tertiary/aromatic N) is 3. The van der Waals surface area contributed by atoms with Crippen molar-refractivity contribution in [1.82, 2.24) is 14.8 Å². The van der Waals surface area contributed by atoms with Gasteiger partial charge in [-0.1, -0.05) is 18.2 Å². The van der Waals surface area contributed by atoms with Gasteiger partial charge in [-0.05, 0) is 43.9 Å². The number of benzene rings is 1. The number of hydrogen-bond acceptors (Lipinski definition) is 6. The van der Waals surface area contributed by atoms with E-state index in [-0.39, 0.29) is 17.8 Å². The predicted octanol–water partition coefficient (Wildman–Crippen LogP) is 3.04. The lowest BCUT2D eigenvalue weighted by atomic mass is 9.75. The summed E-state index contributed by atoms with van der Waals surface area (Å²) < 4.78 is 7.37. The molecule has 0 bridgehead atoms. The van der Waals surface area contributed by atoms with E-state index in [2.05, 4.69) is 15.4 Å². The molecular formula is C22H21N5O3. The molecule has 1 aliphatic carbocycles. The van der Waals surface area contributed by atoms with E-state index >= 15 is 0 Å². The van der Waals surface area contributed by atoms with Crippen molar-refractivity contribution in [2.24, 2.45) is 5.92 Å². The van der Waals surface area contributed by atoms with Gasteiger partial charge < -0.3 is 15.8 Å². The van der Waals surface area contributed by atoms with Crippen LogP contribution in [0.25, 0.3) is 5.69 Å². The van der Waals surface area contributed by atoms with Crippen LogP contribution in [0.5, 0.6) is 0 Å². The van der Waals surface area contributed by atoms with E-state index in [9.17, 15) is 9.59 Å². The molecule has 0 saturated heterocycles. The number of amides is 1. The quantitative estimate of drug-likeness (QED) is 0.650. The Balaban J connectivity index is 1.27. The van der Waals surface area contributed by atoms with Crippen molar-refractivity contribution < 1.29 is 14.3 Å². The van der Waals surface area contributed by atoms with Crippen LogP contribution in [0, 0.1) is 5.92 Å². The molecule has 1 amide bonds. The molecular weight excluding hydrogens is 382 g/mol. The van der Waals surface area contributed by atoms with E-state index in [0.717, 1.165) is 11.3 Å². The van der Waals surface area contributed by atoms with Crippen molar-refractivity contribution in [3.05, 3.63) is 66.1 Å². The number of nitrogen functional groups attached to an aromatic ring is 1. The number of rotatable bonds is 3. The summed E-state index contributed by atoms with van der Waals surface area (Å²) in [7, 11) is 0. The molecule has 2 aliphatic rings. The van der Waals surface area contributed by atoms with Crippen LogP contribution in [0.4, 0.5) is 11.5 Å². The summed E-state index contributed by atoms with van der Waals surface area (Å²) in [5, 5.41) is 7.27. The smallest absolute Gasteiger partial charge is 0.339 e. The minimum absolute atomic E-state index is 0.120. The van der Waals surface area contributed by atoms with Crippen molar-refractivity contribution >= 4 is 23.4 Å². The van der Waals surface area contributed by atoms with E-state index in [4.69, 9.17) is 10.5 Å². The lowest BCUT2D eigenvalue weighted by molar-refractivity contribution is -0.122. The van der Waals surface area contributed by atoms with Gasteiger partial charge in [0.1, 0.15) is 5.60 Å². The Labute approximate surface area is 173 Å². The second-order valence-electron chi connectivity index (χ2n) is 7.78. The molecule has 0 radical (unpaired) electrons. The normalized spacial score (nSPS) is 22.5. The number of nitrogens with two attached hydrogens (primary N) is 1. The van der Waals surface area contributed by atoms with Crippen LogP contribution in [0.2, 0.25) is 0 Å². The van der Waals surface area contributed by atoms with Crippen molar-refractivity contribution in [1.29, 1.82) is 0 Å². The Bertz CT molecular complexity index is 1120. The molecule has 30 heavy (non-hydrogen) atoms. The minimum Gasteiger partial charge on any atom is -0.450 e. The molecule has 1 spiro atoms. The second-order valence-corrected chi connectivity index (χ2v) is 7.78. The fraction of sp³-hybridized carbons (Fsp3) is 0.273. The Morgan fingerprint density at radius 1 is 1.20 bits per heavy atom. The number of hydrogen-bond donors (Lipinski definition) is 2. The summed E-state index contributed by atoms with van der Waals surface area (Å²) >= 11 is 0. The third-order valence-corrected chi connectivity index (χ3v) is 5.99. The number of pyridine rings is 1. The molecule has 3 aromatic rings. The molecule has 1 fully saturated rings. The highest BCUT2D eigenvalue weighted by molar-refractivity contribution is 5.95. The van der Waals surface area contributed by atoms with Crippen LogP contribution in [0.1, 0.15) is 41.6 Å². The molecule has 5 rings (SSSR count). The number of para-hydroxylation sites is 1. The number of fused-ring (bicyclic) bond motifs is 2. The van der Waals surface area contributed by atoms with Gasteiger partial charge >= 0.3 is 5.97 Å². The molecule has 2 aromatic heterocycles. The molecule has 3 heterocycles. The predicted molar refractivity (Wildman–Crippen MR) is 110 cm³/mol. The standard InChI is InChI=1S/C22H21N5O3/c23-18-13-27(15-4-2-1-3-5-15)26-19(18)25-20(28)14-6-9-22(10-7-14)17-12-24-11-8-16(17)21(29)30-22/h1-5,8,11-14H,6-7,9-10,23H2,(H,25,26,28)/t14-,22+. The van der Waals surface area contributed by atoms with E-state index in [0.29, 0.717) is 42.8 Å². The molecule has 152 valence electrons. The lowest BCUT2D eigenvalue weighted by Gasteiger charge is -2.35. The van der Waals surface area contributed by atoms with Crippen LogP contribution in [-0.2, 0) is 15.1 Å². The molecule has 8 nitrogen and oxygen atoms in total. The number of esters is 1. The summed E-state index contributed by atoms with van der Waals surface area (Å²) in [6, 6.07) is 11.3. The average Bonchev–Trinajstić information content (AvgIpc) is 3.27. The Morgan fingerprint density at radius 3 is 2.73 bits per heavy atom. The fourth-order valence-corrected chi connectivity index (χ4v) is 4.36. The largest absolute Gasteiger partial charge is 0.450 e. The van der Waals surface area contributed by atoms with Crippen LogP contribution in [-0.4, -0.2) is 26.6 Å². The van der Waals surface area contributed by atoms with Crippen molar-refractivity contribution in [2.75, 3.05) is 11.1 Å². The maximum atomic E-state index is 12.8. The molecule has 8 heteroatoms. The van der Waals surface area contributed by atoms with E-state index in [1.807, 2.05) is 30.3 Å². The molecule has 0 atom stereocenters. The van der Waals surface area contributed by atoms with Gasteiger partial charge in [0, 0.05) is 23.9 Å². The number of anilines is 2. The van der Waals surface area contributed by atoms with Crippen molar-refractivity contribution in [3.63, 3.8) is 0 Å². The topological polar surface area (TPSA) is 112 Å². The minimum atomic E-state index is -0.661. The number of carbonyl (C=O) groups is 2. The summed E-state index contributed by atoms with van der Waals surface area (Å²) in [6.07, 6.45) is 7.36. The van der Waals surface area contributed by atoms with Crippen LogP contribution >= 0.6 is 0 Å². The summed E-state index contributed by atoms with van der Waals surface area (Å²) in [6.45, 7) is 0.